The standard InChI is InChI=1S/C16H23N3O3S/c1-11-10-17-8-7-14(11)19-23(21,22)13-5-6-15-12(9-13)3-2-4-16(20)18-15/h5-6,9,11,14,17,19H,2-4,7-8,10H2,1H3,(H,18,20). The van der Waals surface area contributed by atoms with Crippen molar-refractivity contribution in [2.24, 2.45) is 5.92 Å². The number of anilines is 1. The number of hydrogen-bond donors (Lipinski definition) is 3. The van der Waals surface area contributed by atoms with Crippen molar-refractivity contribution in [3.05, 3.63) is 23.8 Å². The Hall–Kier alpha value is -1.44. The van der Waals surface area contributed by atoms with Crippen molar-refractivity contribution >= 4 is 21.6 Å². The van der Waals surface area contributed by atoms with Crippen molar-refractivity contribution in [2.75, 3.05) is 18.4 Å². The van der Waals surface area contributed by atoms with Crippen molar-refractivity contribution in [1.82, 2.24) is 10.0 Å². The highest BCUT2D eigenvalue weighted by atomic mass is 32.2. The van der Waals surface area contributed by atoms with Crippen LogP contribution in [0.3, 0.4) is 0 Å². The fraction of sp³-hybridized carbons (Fsp3) is 0.562. The minimum absolute atomic E-state index is 0.0130. The third-order valence-corrected chi connectivity index (χ3v) is 6.09. The highest BCUT2D eigenvalue weighted by Gasteiger charge is 2.27. The van der Waals surface area contributed by atoms with Gasteiger partial charge in [0.1, 0.15) is 0 Å². The molecule has 1 aromatic carbocycles. The number of carbonyl (C=O) groups is 1. The van der Waals surface area contributed by atoms with E-state index in [4.69, 9.17) is 0 Å². The molecule has 1 saturated heterocycles. The van der Waals surface area contributed by atoms with Crippen LogP contribution in [0, 0.1) is 5.92 Å². The highest BCUT2D eigenvalue weighted by Crippen LogP contribution is 2.25. The van der Waals surface area contributed by atoms with Crippen molar-refractivity contribution in [3.8, 4) is 0 Å². The van der Waals surface area contributed by atoms with Gasteiger partial charge in [0.05, 0.1) is 4.90 Å². The van der Waals surface area contributed by atoms with Gasteiger partial charge in [0.15, 0.2) is 0 Å². The van der Waals surface area contributed by atoms with Crippen LogP contribution in [-0.4, -0.2) is 33.5 Å². The molecule has 3 rings (SSSR count). The molecule has 23 heavy (non-hydrogen) atoms. The molecule has 1 aromatic rings. The van der Waals surface area contributed by atoms with Gasteiger partial charge in [-0.2, -0.15) is 0 Å². The van der Waals surface area contributed by atoms with Crippen molar-refractivity contribution < 1.29 is 13.2 Å². The van der Waals surface area contributed by atoms with E-state index in [1.807, 2.05) is 6.92 Å². The van der Waals surface area contributed by atoms with Gasteiger partial charge in [-0.3, -0.25) is 4.79 Å². The van der Waals surface area contributed by atoms with Crippen LogP contribution in [0.4, 0.5) is 5.69 Å². The molecule has 1 amide bonds. The zero-order valence-corrected chi connectivity index (χ0v) is 14.1. The van der Waals surface area contributed by atoms with Crippen molar-refractivity contribution in [3.63, 3.8) is 0 Å². The zero-order chi connectivity index (χ0) is 16.4. The zero-order valence-electron chi connectivity index (χ0n) is 13.3. The SMILES string of the molecule is CC1CNCCC1NS(=O)(=O)c1ccc2c(c1)CCCC(=O)N2. The van der Waals surface area contributed by atoms with Crippen LogP contribution in [0.2, 0.25) is 0 Å². The van der Waals surface area contributed by atoms with E-state index in [0.29, 0.717) is 12.8 Å². The number of sulfonamides is 1. The summed E-state index contributed by atoms with van der Waals surface area (Å²) in [6.07, 6.45) is 2.71. The maximum Gasteiger partial charge on any atom is 0.240 e. The molecule has 0 radical (unpaired) electrons. The summed E-state index contributed by atoms with van der Waals surface area (Å²) in [5.74, 6) is 0.250. The summed E-state index contributed by atoms with van der Waals surface area (Å²) in [6.45, 7) is 3.70. The maximum atomic E-state index is 12.7. The summed E-state index contributed by atoms with van der Waals surface area (Å²) in [5, 5.41) is 6.09. The van der Waals surface area contributed by atoms with Crippen LogP contribution in [0.25, 0.3) is 0 Å². The van der Waals surface area contributed by atoms with E-state index in [1.54, 1.807) is 18.2 Å². The first-order valence-corrected chi connectivity index (χ1v) is 9.60. The van der Waals surface area contributed by atoms with E-state index in [-0.39, 0.29) is 22.8 Å². The smallest absolute Gasteiger partial charge is 0.240 e. The molecular formula is C16H23N3O3S. The number of benzene rings is 1. The van der Waals surface area contributed by atoms with Crippen LogP contribution >= 0.6 is 0 Å². The minimum atomic E-state index is -3.54. The molecule has 6 nitrogen and oxygen atoms in total. The third-order valence-electron chi connectivity index (χ3n) is 4.60. The van der Waals surface area contributed by atoms with Crippen LogP contribution in [-0.2, 0) is 21.2 Å². The lowest BCUT2D eigenvalue weighted by molar-refractivity contribution is -0.116. The fourth-order valence-corrected chi connectivity index (χ4v) is 4.60. The summed E-state index contributed by atoms with van der Waals surface area (Å²) in [4.78, 5) is 11.9. The van der Waals surface area contributed by atoms with Gasteiger partial charge in [-0.1, -0.05) is 6.92 Å². The number of aryl methyl sites for hydroxylation is 1. The molecule has 7 heteroatoms. The number of piperidine rings is 1. The van der Waals surface area contributed by atoms with Gasteiger partial charge in [-0.05, 0) is 62.0 Å². The Morgan fingerprint density at radius 2 is 2.09 bits per heavy atom. The summed E-state index contributed by atoms with van der Waals surface area (Å²) >= 11 is 0. The second-order valence-electron chi connectivity index (χ2n) is 6.42. The van der Waals surface area contributed by atoms with Gasteiger partial charge in [0.2, 0.25) is 15.9 Å². The lowest BCUT2D eigenvalue weighted by Crippen LogP contribution is -2.48. The number of hydrogen-bond acceptors (Lipinski definition) is 4. The number of fused-ring (bicyclic) bond motifs is 1. The molecule has 2 unspecified atom stereocenters. The average molecular weight is 337 g/mol. The van der Waals surface area contributed by atoms with Gasteiger partial charge in [-0.15, -0.1) is 0 Å². The first-order chi connectivity index (χ1) is 11.0. The topological polar surface area (TPSA) is 87.3 Å². The average Bonchev–Trinajstić information content (AvgIpc) is 2.69. The van der Waals surface area contributed by atoms with Gasteiger partial charge in [0.25, 0.3) is 0 Å². The Morgan fingerprint density at radius 3 is 2.87 bits per heavy atom. The van der Waals surface area contributed by atoms with Crippen LogP contribution in [0.5, 0.6) is 0 Å². The van der Waals surface area contributed by atoms with Crippen LogP contribution < -0.4 is 15.4 Å². The Balaban J connectivity index is 1.82. The molecule has 2 atom stereocenters. The van der Waals surface area contributed by atoms with Crippen molar-refractivity contribution in [1.29, 1.82) is 0 Å². The Morgan fingerprint density at radius 1 is 1.26 bits per heavy atom. The molecule has 2 aliphatic rings. The summed E-state index contributed by atoms with van der Waals surface area (Å²) in [5.41, 5.74) is 1.61. The number of carbonyl (C=O) groups excluding carboxylic acids is 1. The molecule has 1 fully saturated rings. The number of rotatable bonds is 3. The molecule has 2 aliphatic heterocycles. The largest absolute Gasteiger partial charge is 0.326 e. The van der Waals surface area contributed by atoms with E-state index < -0.39 is 10.0 Å². The number of amides is 1. The van der Waals surface area contributed by atoms with Gasteiger partial charge in [-0.25, -0.2) is 13.1 Å². The van der Waals surface area contributed by atoms with Crippen LogP contribution in [0.1, 0.15) is 31.7 Å². The maximum absolute atomic E-state index is 12.7. The number of nitrogens with one attached hydrogen (secondary N) is 3. The van der Waals surface area contributed by atoms with Gasteiger partial charge in [0, 0.05) is 18.2 Å². The molecule has 0 aromatic heterocycles. The Labute approximate surface area is 137 Å². The molecule has 126 valence electrons. The summed E-state index contributed by atoms with van der Waals surface area (Å²) < 4.78 is 28.2. The predicted octanol–water partition coefficient (Wildman–Crippen LogP) is 1.24. The van der Waals surface area contributed by atoms with E-state index in [1.165, 1.54) is 0 Å². The Bertz CT molecular complexity index is 703. The lowest BCUT2D eigenvalue weighted by Gasteiger charge is -2.30. The van der Waals surface area contributed by atoms with Crippen LogP contribution in [0.15, 0.2) is 23.1 Å². The summed E-state index contributed by atoms with van der Waals surface area (Å²) in [7, 11) is -3.54. The Kier molecular flexibility index (Phi) is 4.70. The quantitative estimate of drug-likeness (QED) is 0.774. The van der Waals surface area contributed by atoms with Gasteiger partial charge < -0.3 is 10.6 Å². The van der Waals surface area contributed by atoms with Crippen molar-refractivity contribution in [2.45, 2.75) is 43.5 Å². The molecule has 0 spiro atoms. The molecule has 2 heterocycles. The molecule has 3 N–H and O–H groups in total. The lowest BCUT2D eigenvalue weighted by atomic mass is 9.97. The van der Waals surface area contributed by atoms with Gasteiger partial charge >= 0.3 is 0 Å². The first-order valence-electron chi connectivity index (χ1n) is 8.11. The van der Waals surface area contributed by atoms with E-state index in [9.17, 15) is 13.2 Å². The van der Waals surface area contributed by atoms with E-state index in [2.05, 4.69) is 15.4 Å². The monoisotopic (exact) mass is 337 g/mol. The molecule has 0 saturated carbocycles. The molecule has 0 aliphatic carbocycles. The first kappa shape index (κ1) is 16.4. The summed E-state index contributed by atoms with van der Waals surface area (Å²) in [6, 6.07) is 4.91. The second-order valence-corrected chi connectivity index (χ2v) is 8.13. The highest BCUT2D eigenvalue weighted by molar-refractivity contribution is 7.89. The van der Waals surface area contributed by atoms with E-state index in [0.717, 1.165) is 37.2 Å². The fourth-order valence-electron chi connectivity index (χ4n) is 3.17. The normalized spacial score (nSPS) is 25.3. The van der Waals surface area contributed by atoms with E-state index >= 15 is 0 Å². The predicted molar refractivity (Wildman–Crippen MR) is 88.8 cm³/mol. The third kappa shape index (κ3) is 3.73. The minimum Gasteiger partial charge on any atom is -0.326 e. The molecular weight excluding hydrogens is 314 g/mol. The molecule has 0 bridgehead atoms. The second kappa shape index (κ2) is 6.59.